The van der Waals surface area contributed by atoms with Gasteiger partial charge in [-0.3, -0.25) is 4.79 Å². The van der Waals surface area contributed by atoms with Gasteiger partial charge in [-0.05, 0) is 31.5 Å². The van der Waals surface area contributed by atoms with Crippen LogP contribution in [0, 0.1) is 6.92 Å². The standard InChI is InChI=1S/C26H32N4O2S/c1-18-8-7-9-20(14-18)16-30(3)26(31)19(2)32-25-24(28-15-22(27)17-33)13-12-23(29-25)21-10-5-4-6-11-21/h4-14,19,22,28,33H,15-17,27H2,1-3H3/t19-,22?/m1/s1. The van der Waals surface area contributed by atoms with E-state index in [4.69, 9.17) is 15.5 Å². The van der Waals surface area contributed by atoms with Crippen LogP contribution in [0.4, 0.5) is 5.69 Å². The minimum atomic E-state index is -0.711. The largest absolute Gasteiger partial charge is 0.463 e. The Morgan fingerprint density at radius 3 is 2.61 bits per heavy atom. The molecule has 1 amide bonds. The lowest BCUT2D eigenvalue weighted by Gasteiger charge is -2.23. The average molecular weight is 465 g/mol. The van der Waals surface area contributed by atoms with Crippen LogP contribution in [0.5, 0.6) is 5.88 Å². The lowest BCUT2D eigenvalue weighted by Crippen LogP contribution is -2.38. The van der Waals surface area contributed by atoms with Crippen molar-refractivity contribution < 1.29 is 9.53 Å². The lowest BCUT2D eigenvalue weighted by atomic mass is 10.1. The molecular formula is C26H32N4O2S. The number of nitrogens with two attached hydrogens (primary N) is 1. The molecule has 1 heterocycles. The molecule has 2 atom stereocenters. The second-order valence-corrected chi connectivity index (χ2v) is 8.55. The van der Waals surface area contributed by atoms with E-state index in [-0.39, 0.29) is 11.9 Å². The Bertz CT molecular complexity index is 1060. The SMILES string of the molecule is Cc1cccc(CN(C)C(=O)[C@@H](C)Oc2nc(-c3ccccc3)ccc2NCC(N)CS)c1. The number of carbonyl (C=O) groups is 1. The van der Waals surface area contributed by atoms with Crippen molar-refractivity contribution in [1.29, 1.82) is 0 Å². The molecule has 0 saturated carbocycles. The fourth-order valence-corrected chi connectivity index (χ4v) is 3.56. The number of nitrogens with zero attached hydrogens (tertiary/aromatic N) is 2. The maximum absolute atomic E-state index is 13.0. The van der Waals surface area contributed by atoms with E-state index in [2.05, 4.69) is 24.0 Å². The van der Waals surface area contributed by atoms with Gasteiger partial charge in [-0.15, -0.1) is 0 Å². The zero-order chi connectivity index (χ0) is 23.8. The molecule has 0 radical (unpaired) electrons. The molecule has 33 heavy (non-hydrogen) atoms. The van der Waals surface area contributed by atoms with Crippen LogP contribution < -0.4 is 15.8 Å². The normalized spacial score (nSPS) is 12.6. The molecular weight excluding hydrogens is 432 g/mol. The number of ether oxygens (including phenoxy) is 1. The fraction of sp³-hybridized carbons (Fsp3) is 0.308. The number of anilines is 1. The first kappa shape index (κ1) is 24.6. The lowest BCUT2D eigenvalue weighted by molar-refractivity contribution is -0.137. The molecule has 0 spiro atoms. The van der Waals surface area contributed by atoms with Gasteiger partial charge in [0, 0.05) is 37.5 Å². The predicted octanol–water partition coefficient (Wildman–Crippen LogP) is 4.15. The number of hydrogen-bond acceptors (Lipinski definition) is 6. The van der Waals surface area contributed by atoms with Crippen molar-refractivity contribution in [3.63, 3.8) is 0 Å². The maximum Gasteiger partial charge on any atom is 0.263 e. The third-order valence-electron chi connectivity index (χ3n) is 5.23. The Labute approximate surface area is 201 Å². The number of likely N-dealkylation sites (N-methyl/N-ethyl adjacent to an activating group) is 1. The van der Waals surface area contributed by atoms with Crippen LogP contribution >= 0.6 is 12.6 Å². The second kappa shape index (κ2) is 11.7. The number of nitrogens with one attached hydrogen (secondary N) is 1. The summed E-state index contributed by atoms with van der Waals surface area (Å²) in [6.07, 6.45) is -0.711. The summed E-state index contributed by atoms with van der Waals surface area (Å²) in [5.41, 5.74) is 10.7. The van der Waals surface area contributed by atoms with Gasteiger partial charge in [-0.2, -0.15) is 12.6 Å². The summed E-state index contributed by atoms with van der Waals surface area (Å²) >= 11 is 4.24. The van der Waals surface area contributed by atoms with Gasteiger partial charge in [-0.25, -0.2) is 4.98 Å². The number of amides is 1. The quantitative estimate of drug-likeness (QED) is 0.393. The van der Waals surface area contributed by atoms with E-state index >= 15 is 0 Å². The Morgan fingerprint density at radius 1 is 1.15 bits per heavy atom. The number of aromatic nitrogens is 1. The molecule has 0 aliphatic heterocycles. The third-order valence-corrected chi connectivity index (χ3v) is 5.70. The van der Waals surface area contributed by atoms with E-state index in [0.29, 0.717) is 30.4 Å². The summed E-state index contributed by atoms with van der Waals surface area (Å²) < 4.78 is 6.09. The molecule has 7 heteroatoms. The van der Waals surface area contributed by atoms with E-state index in [1.54, 1.807) is 18.9 Å². The highest BCUT2D eigenvalue weighted by molar-refractivity contribution is 7.80. The molecule has 0 aliphatic rings. The molecule has 1 aromatic heterocycles. The van der Waals surface area contributed by atoms with Crippen LogP contribution in [0.3, 0.4) is 0 Å². The summed E-state index contributed by atoms with van der Waals surface area (Å²) in [4.78, 5) is 19.4. The molecule has 174 valence electrons. The summed E-state index contributed by atoms with van der Waals surface area (Å²) in [6.45, 7) is 4.81. The van der Waals surface area contributed by atoms with Gasteiger partial charge in [0.2, 0.25) is 5.88 Å². The number of aryl methyl sites for hydroxylation is 1. The van der Waals surface area contributed by atoms with Crippen molar-refractivity contribution in [2.75, 3.05) is 24.7 Å². The van der Waals surface area contributed by atoms with Crippen molar-refractivity contribution in [3.8, 4) is 17.1 Å². The van der Waals surface area contributed by atoms with Crippen LogP contribution in [-0.2, 0) is 11.3 Å². The molecule has 0 bridgehead atoms. The maximum atomic E-state index is 13.0. The average Bonchev–Trinajstić information content (AvgIpc) is 2.83. The number of benzene rings is 2. The van der Waals surface area contributed by atoms with Crippen LogP contribution in [0.1, 0.15) is 18.1 Å². The minimum Gasteiger partial charge on any atom is -0.463 e. The highest BCUT2D eigenvalue weighted by atomic mass is 32.1. The van der Waals surface area contributed by atoms with Crippen molar-refractivity contribution in [2.24, 2.45) is 5.73 Å². The zero-order valence-electron chi connectivity index (χ0n) is 19.4. The van der Waals surface area contributed by atoms with Crippen molar-refractivity contribution in [1.82, 2.24) is 9.88 Å². The van der Waals surface area contributed by atoms with E-state index in [0.717, 1.165) is 22.4 Å². The predicted molar refractivity (Wildman–Crippen MR) is 138 cm³/mol. The first-order chi connectivity index (χ1) is 15.9. The third kappa shape index (κ3) is 6.97. The smallest absolute Gasteiger partial charge is 0.263 e. The number of thiol groups is 1. The fourth-order valence-electron chi connectivity index (χ4n) is 3.43. The van der Waals surface area contributed by atoms with Gasteiger partial charge in [0.15, 0.2) is 6.10 Å². The van der Waals surface area contributed by atoms with Gasteiger partial charge < -0.3 is 20.7 Å². The number of pyridine rings is 1. The van der Waals surface area contributed by atoms with E-state index in [1.807, 2.05) is 67.6 Å². The highest BCUT2D eigenvalue weighted by Crippen LogP contribution is 2.28. The van der Waals surface area contributed by atoms with Gasteiger partial charge in [0.1, 0.15) is 0 Å². The molecule has 3 N–H and O–H groups in total. The Morgan fingerprint density at radius 2 is 1.91 bits per heavy atom. The molecule has 1 unspecified atom stereocenters. The van der Waals surface area contributed by atoms with Crippen molar-refractivity contribution >= 4 is 24.2 Å². The van der Waals surface area contributed by atoms with E-state index in [1.165, 1.54) is 0 Å². The molecule has 0 aliphatic carbocycles. The molecule has 3 rings (SSSR count). The van der Waals surface area contributed by atoms with Gasteiger partial charge >= 0.3 is 0 Å². The first-order valence-electron chi connectivity index (χ1n) is 11.0. The number of hydrogen-bond donors (Lipinski definition) is 3. The summed E-state index contributed by atoms with van der Waals surface area (Å²) in [5.74, 6) is 0.797. The van der Waals surface area contributed by atoms with E-state index < -0.39 is 6.10 Å². The first-order valence-corrected chi connectivity index (χ1v) is 11.6. The van der Waals surface area contributed by atoms with Gasteiger partial charge in [-0.1, -0.05) is 60.2 Å². The monoisotopic (exact) mass is 464 g/mol. The zero-order valence-corrected chi connectivity index (χ0v) is 20.3. The van der Waals surface area contributed by atoms with Crippen molar-refractivity contribution in [2.45, 2.75) is 32.5 Å². The van der Waals surface area contributed by atoms with Crippen LogP contribution in [0.2, 0.25) is 0 Å². The van der Waals surface area contributed by atoms with Crippen LogP contribution in [0.15, 0.2) is 66.7 Å². The number of carbonyl (C=O) groups excluding carboxylic acids is 1. The topological polar surface area (TPSA) is 80.5 Å². The molecule has 3 aromatic rings. The molecule has 6 nitrogen and oxygen atoms in total. The van der Waals surface area contributed by atoms with Gasteiger partial charge in [0.05, 0.1) is 11.4 Å². The number of rotatable bonds is 10. The Balaban J connectivity index is 1.78. The highest BCUT2D eigenvalue weighted by Gasteiger charge is 2.22. The summed E-state index contributed by atoms with van der Waals surface area (Å²) in [6, 6.07) is 21.7. The molecule has 0 fully saturated rings. The minimum absolute atomic E-state index is 0.116. The summed E-state index contributed by atoms with van der Waals surface area (Å²) in [7, 11) is 1.78. The Hall–Kier alpha value is -3.03. The Kier molecular flexibility index (Phi) is 8.74. The summed E-state index contributed by atoms with van der Waals surface area (Å²) in [5, 5.41) is 3.28. The van der Waals surface area contributed by atoms with Gasteiger partial charge in [0.25, 0.3) is 5.91 Å². The van der Waals surface area contributed by atoms with Crippen molar-refractivity contribution in [3.05, 3.63) is 77.9 Å². The second-order valence-electron chi connectivity index (χ2n) is 8.18. The van der Waals surface area contributed by atoms with Crippen LogP contribution in [-0.4, -0.2) is 47.3 Å². The molecule has 2 aromatic carbocycles. The van der Waals surface area contributed by atoms with Crippen LogP contribution in [0.25, 0.3) is 11.3 Å². The molecule has 0 saturated heterocycles. The van der Waals surface area contributed by atoms with E-state index in [9.17, 15) is 4.79 Å².